The molecule has 0 aliphatic rings. The minimum absolute atomic E-state index is 1.10. The molecule has 2 aromatic carbocycles. The monoisotopic (exact) mass is 1060 g/mol. The van der Waals surface area contributed by atoms with Crippen molar-refractivity contribution in [3.05, 3.63) is 57.6 Å². The van der Waals surface area contributed by atoms with E-state index in [4.69, 9.17) is 7.56 Å². The van der Waals surface area contributed by atoms with E-state index in [1.807, 2.05) is 0 Å². The Morgan fingerprint density at radius 2 is 0.590 bits per heavy atom. The van der Waals surface area contributed by atoms with Crippen molar-refractivity contribution in [3.8, 4) is 11.5 Å². The summed E-state index contributed by atoms with van der Waals surface area (Å²) in [5.41, 5.74) is 8.58. The van der Waals surface area contributed by atoms with Gasteiger partial charge in [0.2, 0.25) is 0 Å². The molecular weight excluding hydrogens is 958 g/mol. The molecule has 0 aliphatic carbocycles. The van der Waals surface area contributed by atoms with Gasteiger partial charge in [0.25, 0.3) is 0 Å². The third kappa shape index (κ3) is 22.6. The minimum atomic E-state index is -3.94. The molecule has 0 heterocycles. The predicted molar refractivity (Wildman–Crippen MR) is 276 cm³/mol. The molecule has 0 bridgehead atoms. The molecule has 61 heavy (non-hydrogen) atoms. The van der Waals surface area contributed by atoms with Crippen LogP contribution in [0.25, 0.3) is 0 Å². The second kappa shape index (κ2) is 34.9. The molecular formula is C56H102O3Sn2. The first-order valence-electron chi connectivity index (χ1n) is 26.9. The molecule has 0 aliphatic heterocycles. The zero-order valence-electron chi connectivity index (χ0n) is 42.6. The van der Waals surface area contributed by atoms with E-state index < -0.39 is 38.4 Å². The summed E-state index contributed by atoms with van der Waals surface area (Å²) in [7, 11) is 0. The third-order valence-corrected chi connectivity index (χ3v) is 46.3. The van der Waals surface area contributed by atoms with Crippen LogP contribution in [0.15, 0.2) is 24.3 Å². The quantitative estimate of drug-likeness (QED) is 0.0492. The van der Waals surface area contributed by atoms with Crippen molar-refractivity contribution < 1.29 is 7.56 Å². The first kappa shape index (κ1) is 56.7. The van der Waals surface area contributed by atoms with E-state index in [-0.39, 0.29) is 0 Å². The van der Waals surface area contributed by atoms with Crippen molar-refractivity contribution in [2.75, 3.05) is 0 Å². The number of hydrogen-bond acceptors (Lipinski definition) is 3. The molecule has 352 valence electrons. The number of unbranched alkanes of at least 4 members (excludes halogenated alkanes) is 22. The van der Waals surface area contributed by atoms with Crippen LogP contribution in [-0.4, -0.2) is 38.4 Å². The number of rotatable bonds is 40. The van der Waals surface area contributed by atoms with Crippen LogP contribution in [-0.2, 0) is 14.3 Å². The van der Waals surface area contributed by atoms with Crippen molar-refractivity contribution in [3.63, 3.8) is 0 Å². The fourth-order valence-electron chi connectivity index (χ4n) is 9.36. The van der Waals surface area contributed by atoms with E-state index in [9.17, 15) is 0 Å². The van der Waals surface area contributed by atoms with Gasteiger partial charge in [0.05, 0.1) is 0 Å². The van der Waals surface area contributed by atoms with E-state index >= 15 is 0 Å². The summed E-state index contributed by atoms with van der Waals surface area (Å²) in [6, 6.07) is 9.44. The Labute approximate surface area is 391 Å². The summed E-state index contributed by atoms with van der Waals surface area (Å²) in [4.78, 5) is 0. The zero-order chi connectivity index (χ0) is 44.6. The normalized spacial score (nSPS) is 12.1. The van der Waals surface area contributed by atoms with Gasteiger partial charge in [-0.3, -0.25) is 0 Å². The van der Waals surface area contributed by atoms with Crippen molar-refractivity contribution in [1.29, 1.82) is 0 Å². The summed E-state index contributed by atoms with van der Waals surface area (Å²) in [5, 5.41) is 0. The molecule has 5 heteroatoms. The molecule has 0 saturated heterocycles. The Hall–Kier alpha value is -0.403. The average molecular weight is 1060 g/mol. The van der Waals surface area contributed by atoms with Crippen molar-refractivity contribution in [1.82, 2.24) is 0 Å². The third-order valence-electron chi connectivity index (χ3n) is 13.8. The van der Waals surface area contributed by atoms with Crippen LogP contribution in [0, 0.1) is 27.7 Å². The van der Waals surface area contributed by atoms with E-state index in [2.05, 4.69) is 93.5 Å². The van der Waals surface area contributed by atoms with Gasteiger partial charge in [-0.05, 0) is 0 Å². The van der Waals surface area contributed by atoms with E-state index in [0.29, 0.717) is 0 Å². The maximum absolute atomic E-state index is 8.58. The Balaban J connectivity index is 2.87. The number of hydrogen-bond donors (Lipinski definition) is 0. The van der Waals surface area contributed by atoms with Crippen LogP contribution < -0.4 is 6.15 Å². The molecule has 0 radical (unpaired) electrons. The van der Waals surface area contributed by atoms with Gasteiger partial charge in [0, 0.05) is 0 Å². The molecule has 2 rings (SSSR count). The predicted octanol–water partition coefficient (Wildman–Crippen LogP) is 19.4. The molecule has 2 aromatic rings. The molecule has 0 aromatic heterocycles. The van der Waals surface area contributed by atoms with E-state index in [1.54, 1.807) is 0 Å². The van der Waals surface area contributed by atoms with Gasteiger partial charge in [0.15, 0.2) is 0 Å². The topological polar surface area (TPSA) is 27.7 Å². The van der Waals surface area contributed by atoms with E-state index in [0.717, 1.165) is 12.8 Å². The number of aryl methyl sites for hydroxylation is 2. The molecule has 3 nitrogen and oxygen atoms in total. The summed E-state index contributed by atoms with van der Waals surface area (Å²) in [6.07, 6.45) is 38.5. The van der Waals surface area contributed by atoms with Gasteiger partial charge in [-0.2, -0.15) is 0 Å². The van der Waals surface area contributed by atoms with Crippen LogP contribution in [0.1, 0.15) is 255 Å². The van der Waals surface area contributed by atoms with Gasteiger partial charge in [-0.15, -0.1) is 0 Å². The van der Waals surface area contributed by atoms with E-state index in [1.165, 1.54) is 242 Å². The van der Waals surface area contributed by atoms with Crippen LogP contribution in [0.4, 0.5) is 0 Å². The van der Waals surface area contributed by atoms with Crippen LogP contribution in [0.2, 0.25) is 17.7 Å². The van der Waals surface area contributed by atoms with Gasteiger partial charge in [-0.25, -0.2) is 0 Å². The number of benzene rings is 2. The summed E-state index contributed by atoms with van der Waals surface area (Å²) in [6.45, 7) is 23.3. The molecule has 0 atom stereocenters. The van der Waals surface area contributed by atoms with Gasteiger partial charge >= 0.3 is 395 Å². The first-order chi connectivity index (χ1) is 29.6. The molecule has 0 amide bonds. The average Bonchev–Trinajstić information content (AvgIpc) is 3.25. The van der Waals surface area contributed by atoms with Crippen molar-refractivity contribution in [2.45, 2.75) is 280 Å². The Bertz CT molecular complexity index is 1250. The second-order valence-corrected chi connectivity index (χ2v) is 41.1. The molecule has 0 unspecified atom stereocenters. The summed E-state index contributed by atoms with van der Waals surface area (Å²) < 4.78 is 29.3. The first-order valence-corrected chi connectivity index (χ1v) is 39.6. The van der Waals surface area contributed by atoms with Crippen LogP contribution in [0.5, 0.6) is 11.5 Å². The molecule has 0 N–H and O–H groups in total. The SMILES string of the molecule is CCCCCCC[CH2][Sn]([CH2]CCCCCCC)([O]c1ccc(C)c(C)c1CCCC)[O][Sn]([CH2]CCCCCCC)([CH2]CCCCCCC)[O]c1ccc(C)c(C)c1CCCC. The fourth-order valence-corrected chi connectivity index (χ4v) is 50.1. The summed E-state index contributed by atoms with van der Waals surface area (Å²) >= 11 is -7.88. The van der Waals surface area contributed by atoms with Gasteiger partial charge in [0.1, 0.15) is 0 Å². The molecule has 0 spiro atoms. The van der Waals surface area contributed by atoms with Gasteiger partial charge < -0.3 is 0 Å². The standard InChI is InChI=1S/2C12H18O.4C8H17.O.2Sn/c2*1-4-5-6-11-10(3)9(2)7-8-12(11)13;4*1-3-5-7-8-6-4-2;;;/h2*7-8,13H,4-6H2,1-3H3;4*1,3-8H2,2H3;;;/q;;;;;;;2*+1/p-2. The fraction of sp³-hybridized carbons (Fsp3) is 0.786. The van der Waals surface area contributed by atoms with Crippen molar-refractivity contribution >= 4 is 38.4 Å². The zero-order valence-corrected chi connectivity index (χ0v) is 48.3. The summed E-state index contributed by atoms with van der Waals surface area (Å²) in [5.74, 6) is 2.36. The Morgan fingerprint density at radius 3 is 0.869 bits per heavy atom. The molecule has 0 saturated carbocycles. The maximum atomic E-state index is 8.58. The van der Waals surface area contributed by atoms with Crippen molar-refractivity contribution in [2.24, 2.45) is 0 Å². The second-order valence-electron chi connectivity index (χ2n) is 19.4. The van der Waals surface area contributed by atoms with Gasteiger partial charge in [-0.1, -0.05) is 0 Å². The Morgan fingerprint density at radius 1 is 0.328 bits per heavy atom. The van der Waals surface area contributed by atoms with Crippen LogP contribution >= 0.6 is 0 Å². The molecule has 0 fully saturated rings. The Kier molecular flexibility index (Phi) is 32.4. The van der Waals surface area contributed by atoms with Crippen LogP contribution in [0.3, 0.4) is 0 Å².